The van der Waals surface area contributed by atoms with Gasteiger partial charge in [-0.15, -0.1) is 6.42 Å². The van der Waals surface area contributed by atoms with Gasteiger partial charge in [0.15, 0.2) is 0 Å². The van der Waals surface area contributed by atoms with Crippen molar-refractivity contribution in [2.45, 2.75) is 26.3 Å². The van der Waals surface area contributed by atoms with Crippen molar-refractivity contribution < 1.29 is 8.42 Å². The van der Waals surface area contributed by atoms with Crippen molar-refractivity contribution >= 4 is 10.0 Å². The molecule has 0 saturated heterocycles. The van der Waals surface area contributed by atoms with Crippen molar-refractivity contribution in [1.29, 1.82) is 0 Å². The standard InChI is InChI=1S/C7H13NO2S/c1-4-6-11(9,10)8-7(3)5-2/h1,7-8H,5-6H2,2-3H3. The predicted molar refractivity (Wildman–Crippen MR) is 45.5 cm³/mol. The Morgan fingerprint density at radius 3 is 2.55 bits per heavy atom. The Kier molecular flexibility index (Phi) is 4.16. The van der Waals surface area contributed by atoms with Crippen LogP contribution in [0.25, 0.3) is 0 Å². The summed E-state index contributed by atoms with van der Waals surface area (Å²) < 4.78 is 24.3. The Balaban J connectivity index is 4.05. The highest BCUT2D eigenvalue weighted by Crippen LogP contribution is 1.92. The van der Waals surface area contributed by atoms with Crippen molar-refractivity contribution in [2.75, 3.05) is 5.75 Å². The molecule has 3 nitrogen and oxygen atoms in total. The topological polar surface area (TPSA) is 46.2 Å². The van der Waals surface area contributed by atoms with E-state index in [-0.39, 0.29) is 11.8 Å². The molecule has 1 N–H and O–H groups in total. The van der Waals surface area contributed by atoms with Crippen LogP contribution < -0.4 is 4.72 Å². The lowest BCUT2D eigenvalue weighted by Gasteiger charge is -2.09. The number of sulfonamides is 1. The Bertz CT molecular complexity index is 238. The molecule has 0 fully saturated rings. The summed E-state index contributed by atoms with van der Waals surface area (Å²) in [5.41, 5.74) is 0. The van der Waals surface area contributed by atoms with Gasteiger partial charge in [-0.3, -0.25) is 0 Å². The largest absolute Gasteiger partial charge is 0.223 e. The minimum Gasteiger partial charge on any atom is -0.212 e. The van der Waals surface area contributed by atoms with Gasteiger partial charge in [-0.2, -0.15) is 0 Å². The fourth-order valence-corrected chi connectivity index (χ4v) is 1.62. The summed E-state index contributed by atoms with van der Waals surface area (Å²) in [6, 6.07) is -0.0339. The summed E-state index contributed by atoms with van der Waals surface area (Å²) in [5.74, 6) is 1.85. The van der Waals surface area contributed by atoms with Crippen LogP contribution in [0.2, 0.25) is 0 Å². The van der Waals surface area contributed by atoms with E-state index in [0.717, 1.165) is 6.42 Å². The Hall–Kier alpha value is -0.530. The average Bonchev–Trinajstić information content (AvgIpc) is 1.86. The van der Waals surface area contributed by atoms with E-state index < -0.39 is 10.0 Å². The van der Waals surface area contributed by atoms with Crippen molar-refractivity contribution in [2.24, 2.45) is 0 Å². The first-order chi connectivity index (χ1) is 5.02. The van der Waals surface area contributed by atoms with Gasteiger partial charge in [-0.05, 0) is 13.3 Å². The first kappa shape index (κ1) is 10.5. The highest BCUT2D eigenvalue weighted by Gasteiger charge is 2.10. The summed E-state index contributed by atoms with van der Waals surface area (Å²) in [7, 11) is -3.23. The maximum absolute atomic E-state index is 10.9. The summed E-state index contributed by atoms with van der Waals surface area (Å²) in [6.45, 7) is 3.71. The van der Waals surface area contributed by atoms with Crippen LogP contribution in [0.1, 0.15) is 20.3 Å². The molecule has 0 spiro atoms. The van der Waals surface area contributed by atoms with Crippen molar-refractivity contribution in [3.63, 3.8) is 0 Å². The zero-order valence-corrected chi connectivity index (χ0v) is 7.61. The van der Waals surface area contributed by atoms with Crippen LogP contribution in [0.5, 0.6) is 0 Å². The van der Waals surface area contributed by atoms with Gasteiger partial charge in [0, 0.05) is 6.04 Å². The van der Waals surface area contributed by atoms with Crippen molar-refractivity contribution in [3.8, 4) is 12.3 Å². The van der Waals surface area contributed by atoms with Crippen LogP contribution in [0.3, 0.4) is 0 Å². The zero-order valence-electron chi connectivity index (χ0n) is 6.79. The molecule has 0 saturated carbocycles. The van der Waals surface area contributed by atoms with E-state index in [1.165, 1.54) is 0 Å². The smallest absolute Gasteiger partial charge is 0.212 e. The molecule has 64 valence electrons. The number of rotatable bonds is 4. The molecule has 0 aromatic carbocycles. The summed E-state index contributed by atoms with van der Waals surface area (Å²) in [4.78, 5) is 0. The lowest BCUT2D eigenvalue weighted by molar-refractivity contribution is 0.559. The lowest BCUT2D eigenvalue weighted by atomic mass is 10.3. The quantitative estimate of drug-likeness (QED) is 0.626. The van der Waals surface area contributed by atoms with E-state index in [1.807, 2.05) is 6.92 Å². The molecule has 0 rings (SSSR count). The van der Waals surface area contributed by atoms with E-state index in [2.05, 4.69) is 10.6 Å². The lowest BCUT2D eigenvalue weighted by Crippen LogP contribution is -2.33. The van der Waals surface area contributed by atoms with Crippen LogP contribution in [-0.4, -0.2) is 20.2 Å². The highest BCUT2D eigenvalue weighted by atomic mass is 32.2. The van der Waals surface area contributed by atoms with Crippen molar-refractivity contribution in [1.82, 2.24) is 4.72 Å². The van der Waals surface area contributed by atoms with Gasteiger partial charge in [-0.25, -0.2) is 13.1 Å². The highest BCUT2D eigenvalue weighted by molar-refractivity contribution is 7.89. The Morgan fingerprint density at radius 2 is 2.18 bits per heavy atom. The van der Waals surface area contributed by atoms with E-state index in [9.17, 15) is 8.42 Å². The SMILES string of the molecule is C#CCS(=O)(=O)NC(C)CC. The predicted octanol–water partition coefficient (Wildman–Crippen LogP) is 0.337. The molecular formula is C7H13NO2S. The summed E-state index contributed by atoms with van der Waals surface area (Å²) >= 11 is 0. The van der Waals surface area contributed by atoms with E-state index in [4.69, 9.17) is 6.42 Å². The van der Waals surface area contributed by atoms with Gasteiger partial charge in [0.25, 0.3) is 0 Å². The molecule has 0 radical (unpaired) electrons. The van der Waals surface area contributed by atoms with Gasteiger partial charge in [0.05, 0.1) is 0 Å². The van der Waals surface area contributed by atoms with Gasteiger partial charge < -0.3 is 0 Å². The Morgan fingerprint density at radius 1 is 1.64 bits per heavy atom. The molecule has 4 heteroatoms. The van der Waals surface area contributed by atoms with Crippen LogP contribution in [0.15, 0.2) is 0 Å². The number of nitrogens with one attached hydrogen (secondary N) is 1. The molecule has 0 aliphatic carbocycles. The molecule has 1 unspecified atom stereocenters. The van der Waals surface area contributed by atoms with Crippen LogP contribution >= 0.6 is 0 Å². The second-order valence-electron chi connectivity index (χ2n) is 2.39. The number of hydrogen-bond acceptors (Lipinski definition) is 2. The maximum Gasteiger partial charge on any atom is 0.223 e. The number of terminal acetylenes is 1. The molecule has 0 heterocycles. The molecule has 0 aromatic heterocycles. The minimum atomic E-state index is -3.23. The third-order valence-electron chi connectivity index (χ3n) is 1.27. The second kappa shape index (κ2) is 4.37. The third kappa shape index (κ3) is 4.82. The normalized spacial score (nSPS) is 13.9. The van der Waals surface area contributed by atoms with Crippen LogP contribution in [-0.2, 0) is 10.0 Å². The average molecular weight is 175 g/mol. The molecule has 0 aliphatic heterocycles. The molecule has 0 amide bonds. The third-order valence-corrected chi connectivity index (χ3v) is 2.57. The molecule has 0 aromatic rings. The summed E-state index contributed by atoms with van der Waals surface area (Å²) in [6.07, 6.45) is 5.63. The molecule has 0 aliphatic rings. The minimum absolute atomic E-state index is 0.0339. The van der Waals surface area contributed by atoms with Crippen molar-refractivity contribution in [3.05, 3.63) is 0 Å². The number of hydrogen-bond donors (Lipinski definition) is 1. The Labute approximate surface area is 68.2 Å². The fourth-order valence-electron chi connectivity index (χ4n) is 0.541. The first-order valence-corrected chi connectivity index (χ1v) is 5.10. The maximum atomic E-state index is 10.9. The second-order valence-corrected chi connectivity index (χ2v) is 4.14. The van der Waals surface area contributed by atoms with E-state index in [0.29, 0.717) is 0 Å². The first-order valence-electron chi connectivity index (χ1n) is 3.45. The fraction of sp³-hybridized carbons (Fsp3) is 0.714. The van der Waals surface area contributed by atoms with Crippen LogP contribution in [0.4, 0.5) is 0 Å². The van der Waals surface area contributed by atoms with E-state index >= 15 is 0 Å². The van der Waals surface area contributed by atoms with Gasteiger partial charge >= 0.3 is 0 Å². The monoisotopic (exact) mass is 175 g/mol. The van der Waals surface area contributed by atoms with Gasteiger partial charge in [0.2, 0.25) is 10.0 Å². The zero-order chi connectivity index (χ0) is 8.91. The van der Waals surface area contributed by atoms with E-state index in [1.54, 1.807) is 6.92 Å². The molecule has 1 atom stereocenters. The summed E-state index contributed by atoms with van der Waals surface area (Å²) in [5, 5.41) is 0. The van der Waals surface area contributed by atoms with Gasteiger partial charge in [-0.1, -0.05) is 12.8 Å². The van der Waals surface area contributed by atoms with Gasteiger partial charge in [0.1, 0.15) is 5.75 Å². The molecule has 0 bridgehead atoms. The molecule has 11 heavy (non-hydrogen) atoms. The van der Waals surface area contributed by atoms with Crippen LogP contribution in [0, 0.1) is 12.3 Å². The molecular weight excluding hydrogens is 162 g/mol.